The van der Waals surface area contributed by atoms with Crippen LogP contribution in [0.2, 0.25) is 5.02 Å². The van der Waals surface area contributed by atoms with Gasteiger partial charge in [-0.1, -0.05) is 43.2 Å². The second-order valence-corrected chi connectivity index (χ2v) is 19.1. The van der Waals surface area contributed by atoms with Gasteiger partial charge in [0.1, 0.15) is 12.3 Å². The summed E-state index contributed by atoms with van der Waals surface area (Å²) >= 11 is 6.25. The van der Waals surface area contributed by atoms with Crippen molar-refractivity contribution in [2.75, 3.05) is 80.8 Å². The van der Waals surface area contributed by atoms with E-state index in [0.29, 0.717) is 50.2 Å². The van der Waals surface area contributed by atoms with Crippen molar-refractivity contribution in [1.29, 1.82) is 0 Å². The number of amides is 1. The molecule has 2 saturated heterocycles. The Kier molecular flexibility index (Phi) is 12.5. The lowest BCUT2D eigenvalue weighted by atomic mass is 9.72. The van der Waals surface area contributed by atoms with Gasteiger partial charge in [-0.05, 0) is 109 Å². The van der Waals surface area contributed by atoms with Crippen LogP contribution in [0.1, 0.15) is 61.9 Å². The van der Waals surface area contributed by atoms with E-state index < -0.39 is 31.4 Å². The standard InChI is InChI=1S/C45H52ClN7O7S/c1-45(2)16-13-33(38(28-45)32-5-7-34(46)8-6-32)30-50-18-20-51(21-19-50)35-9-11-37(40(26-35)52-22-25-60-42-4-3-17-47-43(42)52)44(54)49-61(57,58)36-10-12-39(41(27-36)53(55)56)48-29-31-14-23-59-24-15-31/h3-12,17,26-27,31,48H,13-16,18-25,28-30H2,1-2H3,(H,49,54). The lowest BCUT2D eigenvalue weighted by molar-refractivity contribution is -0.384. The summed E-state index contributed by atoms with van der Waals surface area (Å²) in [6.45, 7) is 11.2. The van der Waals surface area contributed by atoms with Gasteiger partial charge in [-0.2, -0.15) is 0 Å². The zero-order valence-corrected chi connectivity index (χ0v) is 36.1. The molecular formula is C45H52ClN7O7S. The number of allylic oxidation sites excluding steroid dienone is 1. The number of nitro groups is 1. The minimum absolute atomic E-state index is 0.107. The van der Waals surface area contributed by atoms with Crippen LogP contribution in [0.25, 0.3) is 5.57 Å². The Hall–Kier alpha value is -5.22. The number of fused-ring (bicyclic) bond motifs is 1. The monoisotopic (exact) mass is 869 g/mol. The Morgan fingerprint density at radius 1 is 0.984 bits per heavy atom. The Bertz CT molecular complexity index is 2410. The van der Waals surface area contributed by atoms with E-state index in [0.717, 1.165) is 81.6 Å². The molecule has 0 radical (unpaired) electrons. The summed E-state index contributed by atoms with van der Waals surface area (Å²) in [5.41, 5.74) is 5.64. The highest BCUT2D eigenvalue weighted by molar-refractivity contribution is 7.90. The quantitative estimate of drug-likeness (QED) is 0.105. The molecule has 4 heterocycles. The van der Waals surface area contributed by atoms with Gasteiger partial charge < -0.3 is 24.6 Å². The average molecular weight is 870 g/mol. The number of piperazine rings is 1. The van der Waals surface area contributed by atoms with Gasteiger partial charge in [-0.15, -0.1) is 0 Å². The third-order valence-electron chi connectivity index (χ3n) is 12.3. The molecule has 1 aliphatic carbocycles. The Labute approximate surface area is 362 Å². The summed E-state index contributed by atoms with van der Waals surface area (Å²) in [6.07, 6.45) is 6.52. The Morgan fingerprint density at radius 3 is 2.51 bits per heavy atom. The van der Waals surface area contributed by atoms with Crippen LogP contribution in [0.5, 0.6) is 5.75 Å². The molecule has 3 aromatic carbocycles. The van der Waals surface area contributed by atoms with Gasteiger partial charge in [0.2, 0.25) is 0 Å². The SMILES string of the molecule is CC1(C)CCC(CN2CCN(c3ccc(C(=O)NS(=O)(=O)c4ccc(NCC5CCOCC5)c([N+](=O)[O-])c4)c(N4CCOc5cccnc54)c3)CC2)=C(c2ccc(Cl)cc2)C1. The van der Waals surface area contributed by atoms with E-state index in [1.165, 1.54) is 28.8 Å². The lowest BCUT2D eigenvalue weighted by Crippen LogP contribution is -2.47. The smallest absolute Gasteiger partial charge is 0.293 e. The number of ether oxygens (including phenoxy) is 2. The van der Waals surface area contributed by atoms with Crippen molar-refractivity contribution in [2.45, 2.75) is 50.8 Å². The summed E-state index contributed by atoms with van der Waals surface area (Å²) in [7, 11) is -4.54. The first-order valence-corrected chi connectivity index (χ1v) is 22.8. The molecular weight excluding hydrogens is 818 g/mol. The predicted molar refractivity (Wildman–Crippen MR) is 238 cm³/mol. The molecule has 1 amide bonds. The number of hydrogen-bond donors (Lipinski definition) is 2. The maximum absolute atomic E-state index is 14.1. The van der Waals surface area contributed by atoms with E-state index in [2.05, 4.69) is 50.8 Å². The maximum Gasteiger partial charge on any atom is 0.293 e. The number of sulfonamides is 1. The summed E-state index contributed by atoms with van der Waals surface area (Å²) in [5.74, 6) is 0.456. The van der Waals surface area contributed by atoms with Crippen LogP contribution in [0, 0.1) is 21.4 Å². The fourth-order valence-corrected chi connectivity index (χ4v) is 9.85. The van der Waals surface area contributed by atoms with Crippen molar-refractivity contribution in [3.05, 3.63) is 111 Å². The number of hydrogen-bond acceptors (Lipinski definition) is 12. The average Bonchev–Trinajstić information content (AvgIpc) is 3.26. The van der Waals surface area contributed by atoms with E-state index in [4.69, 9.17) is 21.1 Å². The summed E-state index contributed by atoms with van der Waals surface area (Å²) < 4.78 is 41.0. The van der Waals surface area contributed by atoms with E-state index in [1.807, 2.05) is 29.2 Å². The van der Waals surface area contributed by atoms with Crippen LogP contribution in [-0.4, -0.2) is 94.8 Å². The van der Waals surface area contributed by atoms with Crippen LogP contribution in [0.4, 0.5) is 28.6 Å². The zero-order chi connectivity index (χ0) is 42.7. The van der Waals surface area contributed by atoms with Gasteiger partial charge in [0.25, 0.3) is 21.6 Å². The van der Waals surface area contributed by atoms with Gasteiger partial charge in [0, 0.05) is 75.5 Å². The van der Waals surface area contributed by atoms with Gasteiger partial charge in [-0.3, -0.25) is 19.8 Å². The number of anilines is 4. The lowest BCUT2D eigenvalue weighted by Gasteiger charge is -2.39. The fourth-order valence-electron chi connectivity index (χ4n) is 8.73. The molecule has 61 heavy (non-hydrogen) atoms. The molecule has 0 atom stereocenters. The van der Waals surface area contributed by atoms with Gasteiger partial charge in [0.05, 0.1) is 27.6 Å². The molecule has 2 fully saturated rings. The highest BCUT2D eigenvalue weighted by Gasteiger charge is 2.32. The Morgan fingerprint density at radius 2 is 1.75 bits per heavy atom. The second kappa shape index (κ2) is 18.0. The number of aromatic nitrogens is 1. The van der Waals surface area contributed by atoms with Crippen LogP contribution in [0.3, 0.4) is 0 Å². The first-order valence-electron chi connectivity index (χ1n) is 20.9. The summed E-state index contributed by atoms with van der Waals surface area (Å²) in [6, 6.07) is 20.8. The van der Waals surface area contributed by atoms with E-state index in [1.54, 1.807) is 24.4 Å². The molecule has 3 aliphatic heterocycles. The molecule has 0 unspecified atom stereocenters. The van der Waals surface area contributed by atoms with Crippen molar-refractivity contribution < 1.29 is 27.6 Å². The second-order valence-electron chi connectivity index (χ2n) is 17.0. The number of nitro benzene ring substituents is 1. The van der Waals surface area contributed by atoms with Gasteiger partial charge in [0.15, 0.2) is 11.6 Å². The number of rotatable bonds is 12. The number of halogens is 1. The predicted octanol–water partition coefficient (Wildman–Crippen LogP) is 7.92. The van der Waals surface area contributed by atoms with Crippen molar-refractivity contribution >= 4 is 61.7 Å². The first kappa shape index (κ1) is 42.5. The molecule has 2 N–H and O–H groups in total. The maximum atomic E-state index is 14.1. The largest absolute Gasteiger partial charge is 0.488 e. The minimum Gasteiger partial charge on any atom is -0.488 e. The molecule has 4 aromatic rings. The summed E-state index contributed by atoms with van der Waals surface area (Å²) in [5, 5.41) is 16.0. The van der Waals surface area contributed by atoms with E-state index in [-0.39, 0.29) is 22.6 Å². The topological polar surface area (TPSA) is 159 Å². The van der Waals surface area contributed by atoms with Crippen LogP contribution >= 0.6 is 11.6 Å². The number of carbonyl (C=O) groups is 1. The molecule has 14 nitrogen and oxygen atoms in total. The highest BCUT2D eigenvalue weighted by atomic mass is 35.5. The van der Waals surface area contributed by atoms with Crippen molar-refractivity contribution in [3.63, 3.8) is 0 Å². The molecule has 4 aliphatic rings. The van der Waals surface area contributed by atoms with Crippen molar-refractivity contribution in [1.82, 2.24) is 14.6 Å². The first-order chi connectivity index (χ1) is 29.3. The third-order valence-corrected chi connectivity index (χ3v) is 13.8. The van der Waals surface area contributed by atoms with Crippen LogP contribution in [0.15, 0.2) is 89.5 Å². The van der Waals surface area contributed by atoms with Crippen LogP contribution in [-0.2, 0) is 14.8 Å². The number of pyridine rings is 1. The van der Waals surface area contributed by atoms with E-state index in [9.17, 15) is 23.3 Å². The van der Waals surface area contributed by atoms with Crippen molar-refractivity contribution in [3.8, 4) is 5.75 Å². The number of benzene rings is 3. The number of nitrogens with one attached hydrogen (secondary N) is 2. The molecule has 0 bridgehead atoms. The van der Waals surface area contributed by atoms with Gasteiger partial charge >= 0.3 is 0 Å². The fraction of sp³-hybridized carbons (Fsp3) is 0.422. The minimum atomic E-state index is -4.54. The van der Waals surface area contributed by atoms with Crippen LogP contribution < -0.4 is 24.6 Å². The van der Waals surface area contributed by atoms with Gasteiger partial charge in [-0.25, -0.2) is 18.1 Å². The zero-order valence-electron chi connectivity index (χ0n) is 34.6. The highest BCUT2D eigenvalue weighted by Crippen LogP contribution is 2.44. The normalized spacial score (nSPS) is 18.6. The molecule has 0 saturated carbocycles. The number of carbonyl (C=O) groups excluding carboxylic acids is 1. The molecule has 322 valence electrons. The molecule has 8 rings (SSSR count). The third kappa shape index (κ3) is 9.80. The Balaban J connectivity index is 1.02. The summed E-state index contributed by atoms with van der Waals surface area (Å²) in [4.78, 5) is 36.5. The molecule has 16 heteroatoms. The molecule has 1 aromatic heterocycles. The number of nitrogens with zero attached hydrogens (tertiary/aromatic N) is 5. The van der Waals surface area contributed by atoms with E-state index >= 15 is 0 Å². The van der Waals surface area contributed by atoms with Crippen molar-refractivity contribution in [2.24, 2.45) is 11.3 Å². The molecule has 0 spiro atoms.